The summed E-state index contributed by atoms with van der Waals surface area (Å²) in [6.45, 7) is 7.05. The highest BCUT2D eigenvalue weighted by Crippen LogP contribution is 2.37. The van der Waals surface area contributed by atoms with Gasteiger partial charge >= 0.3 is 0 Å². The van der Waals surface area contributed by atoms with Gasteiger partial charge in [0.2, 0.25) is 0 Å². The fourth-order valence-electron chi connectivity index (χ4n) is 2.74. The van der Waals surface area contributed by atoms with E-state index < -0.39 is 0 Å². The molecule has 0 amide bonds. The van der Waals surface area contributed by atoms with Gasteiger partial charge in [-0.25, -0.2) is 0 Å². The topological polar surface area (TPSA) is 0 Å². The van der Waals surface area contributed by atoms with E-state index in [1.165, 1.54) is 44.9 Å². The molecule has 1 saturated carbocycles. The highest BCUT2D eigenvalue weighted by molar-refractivity contribution is 4.76. The zero-order chi connectivity index (χ0) is 9.68. The molecular weight excluding hydrogens is 156 g/mol. The van der Waals surface area contributed by atoms with Gasteiger partial charge < -0.3 is 0 Å². The summed E-state index contributed by atoms with van der Waals surface area (Å²) >= 11 is 0. The third kappa shape index (κ3) is 3.70. The van der Waals surface area contributed by atoms with Crippen LogP contribution in [0.25, 0.3) is 0 Å². The standard InChI is InChI=1S/C13H26/c1-4-6-12(5-2)7-8-13-9-11(3)10-13/h11-13H,4-10H2,1-3H3. The summed E-state index contributed by atoms with van der Waals surface area (Å²) in [4.78, 5) is 0. The second kappa shape index (κ2) is 5.67. The maximum absolute atomic E-state index is 2.39. The lowest BCUT2D eigenvalue weighted by Crippen LogP contribution is -2.21. The molecule has 0 aromatic heterocycles. The van der Waals surface area contributed by atoms with Gasteiger partial charge in [-0.05, 0) is 30.6 Å². The largest absolute Gasteiger partial charge is 0.0654 e. The molecule has 0 aromatic rings. The second-order valence-corrected chi connectivity index (χ2v) is 5.08. The predicted octanol–water partition coefficient (Wildman–Crippen LogP) is 4.64. The van der Waals surface area contributed by atoms with Crippen LogP contribution >= 0.6 is 0 Å². The summed E-state index contributed by atoms with van der Waals surface area (Å²) < 4.78 is 0. The zero-order valence-corrected chi connectivity index (χ0v) is 9.68. The van der Waals surface area contributed by atoms with Crippen LogP contribution < -0.4 is 0 Å². The van der Waals surface area contributed by atoms with E-state index in [1.54, 1.807) is 0 Å². The van der Waals surface area contributed by atoms with E-state index in [0.717, 1.165) is 17.8 Å². The monoisotopic (exact) mass is 182 g/mol. The molecule has 78 valence electrons. The molecule has 13 heavy (non-hydrogen) atoms. The Kier molecular flexibility index (Phi) is 4.83. The van der Waals surface area contributed by atoms with Gasteiger partial charge in [0.1, 0.15) is 0 Å². The lowest BCUT2D eigenvalue weighted by molar-refractivity contribution is 0.184. The molecule has 1 atom stereocenters. The molecule has 0 bridgehead atoms. The number of hydrogen-bond acceptors (Lipinski definition) is 0. The third-order valence-corrected chi connectivity index (χ3v) is 3.73. The fraction of sp³-hybridized carbons (Fsp3) is 1.00. The molecular formula is C13H26. The molecule has 0 N–H and O–H groups in total. The van der Waals surface area contributed by atoms with E-state index in [2.05, 4.69) is 20.8 Å². The molecule has 0 radical (unpaired) electrons. The minimum absolute atomic E-state index is 1.03. The summed E-state index contributed by atoms with van der Waals surface area (Å²) in [5.41, 5.74) is 0. The fourth-order valence-corrected chi connectivity index (χ4v) is 2.74. The van der Waals surface area contributed by atoms with Crippen LogP contribution in [0, 0.1) is 17.8 Å². The van der Waals surface area contributed by atoms with Crippen LogP contribution in [0.4, 0.5) is 0 Å². The highest BCUT2D eigenvalue weighted by atomic mass is 14.3. The Balaban J connectivity index is 2.02. The molecule has 0 heteroatoms. The van der Waals surface area contributed by atoms with Crippen molar-refractivity contribution in [3.8, 4) is 0 Å². The van der Waals surface area contributed by atoms with Crippen molar-refractivity contribution in [1.82, 2.24) is 0 Å². The summed E-state index contributed by atoms with van der Waals surface area (Å²) in [6, 6.07) is 0. The molecule has 1 rings (SSSR count). The molecule has 0 aromatic carbocycles. The molecule has 1 aliphatic carbocycles. The van der Waals surface area contributed by atoms with Gasteiger partial charge in [0, 0.05) is 0 Å². The second-order valence-electron chi connectivity index (χ2n) is 5.08. The highest BCUT2D eigenvalue weighted by Gasteiger charge is 2.25. The van der Waals surface area contributed by atoms with Crippen LogP contribution in [-0.4, -0.2) is 0 Å². The first-order valence-electron chi connectivity index (χ1n) is 6.26. The maximum atomic E-state index is 2.39. The lowest BCUT2D eigenvalue weighted by Gasteiger charge is -2.33. The Labute approximate surface area is 84.1 Å². The summed E-state index contributed by atoms with van der Waals surface area (Å²) in [5.74, 6) is 3.16. The van der Waals surface area contributed by atoms with Gasteiger partial charge in [-0.3, -0.25) is 0 Å². The smallest absolute Gasteiger partial charge is 0.0409 e. The Morgan fingerprint density at radius 1 is 1.15 bits per heavy atom. The normalized spacial score (nSPS) is 29.8. The predicted molar refractivity (Wildman–Crippen MR) is 59.8 cm³/mol. The Bertz CT molecular complexity index is 122. The van der Waals surface area contributed by atoms with E-state index >= 15 is 0 Å². The van der Waals surface area contributed by atoms with Gasteiger partial charge in [0.05, 0.1) is 0 Å². The quantitative estimate of drug-likeness (QED) is 0.561. The minimum Gasteiger partial charge on any atom is -0.0654 e. The van der Waals surface area contributed by atoms with Crippen molar-refractivity contribution in [3.05, 3.63) is 0 Å². The first-order valence-corrected chi connectivity index (χ1v) is 6.26. The van der Waals surface area contributed by atoms with E-state index in [9.17, 15) is 0 Å². The first-order chi connectivity index (χ1) is 6.26. The van der Waals surface area contributed by atoms with Gasteiger partial charge in [-0.2, -0.15) is 0 Å². The van der Waals surface area contributed by atoms with Gasteiger partial charge in [0.25, 0.3) is 0 Å². The van der Waals surface area contributed by atoms with Crippen LogP contribution in [-0.2, 0) is 0 Å². The average Bonchev–Trinajstić information content (AvgIpc) is 2.08. The maximum Gasteiger partial charge on any atom is -0.0409 e. The lowest BCUT2D eigenvalue weighted by atomic mass is 9.73. The summed E-state index contributed by atoms with van der Waals surface area (Å²) in [5, 5.41) is 0. The molecule has 0 aliphatic heterocycles. The van der Waals surface area contributed by atoms with Gasteiger partial charge in [-0.15, -0.1) is 0 Å². The minimum atomic E-state index is 1.03. The van der Waals surface area contributed by atoms with Crippen LogP contribution in [0.3, 0.4) is 0 Å². The number of rotatable bonds is 6. The van der Waals surface area contributed by atoms with Crippen molar-refractivity contribution < 1.29 is 0 Å². The molecule has 0 nitrogen and oxygen atoms in total. The van der Waals surface area contributed by atoms with Gasteiger partial charge in [-0.1, -0.05) is 52.9 Å². The zero-order valence-electron chi connectivity index (χ0n) is 9.68. The Hall–Kier alpha value is 0. The van der Waals surface area contributed by atoms with Gasteiger partial charge in [0.15, 0.2) is 0 Å². The molecule has 0 heterocycles. The van der Waals surface area contributed by atoms with Crippen LogP contribution in [0.15, 0.2) is 0 Å². The molecule has 1 fully saturated rings. The van der Waals surface area contributed by atoms with Crippen molar-refractivity contribution in [3.63, 3.8) is 0 Å². The Morgan fingerprint density at radius 2 is 1.85 bits per heavy atom. The van der Waals surface area contributed by atoms with E-state index in [4.69, 9.17) is 0 Å². The SMILES string of the molecule is CCCC(CC)CCC1CC(C)C1. The van der Waals surface area contributed by atoms with E-state index in [0.29, 0.717) is 0 Å². The third-order valence-electron chi connectivity index (χ3n) is 3.73. The average molecular weight is 182 g/mol. The van der Waals surface area contributed by atoms with Crippen molar-refractivity contribution in [2.45, 2.75) is 65.7 Å². The van der Waals surface area contributed by atoms with Crippen molar-refractivity contribution in [2.24, 2.45) is 17.8 Å². The number of hydrogen-bond donors (Lipinski definition) is 0. The molecule has 1 aliphatic rings. The summed E-state index contributed by atoms with van der Waals surface area (Å²) in [7, 11) is 0. The first kappa shape index (κ1) is 11.1. The Morgan fingerprint density at radius 3 is 2.31 bits per heavy atom. The molecule has 0 saturated heterocycles. The summed E-state index contributed by atoms with van der Waals surface area (Å²) in [6.07, 6.45) is 10.3. The van der Waals surface area contributed by atoms with Crippen molar-refractivity contribution in [1.29, 1.82) is 0 Å². The molecule has 1 unspecified atom stereocenters. The van der Waals surface area contributed by atoms with Crippen LogP contribution in [0.2, 0.25) is 0 Å². The van der Waals surface area contributed by atoms with Crippen molar-refractivity contribution >= 4 is 0 Å². The van der Waals surface area contributed by atoms with E-state index in [1.807, 2.05) is 0 Å². The van der Waals surface area contributed by atoms with Crippen molar-refractivity contribution in [2.75, 3.05) is 0 Å². The van der Waals surface area contributed by atoms with E-state index in [-0.39, 0.29) is 0 Å². The van der Waals surface area contributed by atoms with Crippen LogP contribution in [0.1, 0.15) is 65.7 Å². The molecule has 0 spiro atoms. The van der Waals surface area contributed by atoms with Crippen LogP contribution in [0.5, 0.6) is 0 Å².